The van der Waals surface area contributed by atoms with Crippen LogP contribution in [0.2, 0.25) is 0 Å². The molecule has 0 bridgehead atoms. The summed E-state index contributed by atoms with van der Waals surface area (Å²) in [6.45, 7) is 9.32. The van der Waals surface area contributed by atoms with E-state index in [2.05, 4.69) is 24.1 Å². The molecule has 0 saturated carbocycles. The van der Waals surface area contributed by atoms with E-state index >= 15 is 0 Å². The third-order valence-electron chi connectivity index (χ3n) is 2.95. The minimum atomic E-state index is 1.11. The lowest BCUT2D eigenvalue weighted by molar-refractivity contribution is 0.282. The number of hydrogen-bond acceptors (Lipinski definition) is 2. The zero-order valence-corrected chi connectivity index (χ0v) is 11.0. The standard InChI is InChI=1S/C13H30N2/c1-4-6-7-8-9-10-12-15(5-2)13-11-14-3/h14H,4-13H2,1-3H3. The fraction of sp³-hybridized carbons (Fsp3) is 1.00. The van der Waals surface area contributed by atoms with Gasteiger partial charge in [-0.25, -0.2) is 0 Å². The quantitative estimate of drug-likeness (QED) is 0.532. The second-order valence-corrected chi connectivity index (χ2v) is 4.31. The Balaban J connectivity index is 3.22. The summed E-state index contributed by atoms with van der Waals surface area (Å²) < 4.78 is 0. The van der Waals surface area contributed by atoms with Crippen molar-refractivity contribution in [3.8, 4) is 0 Å². The normalized spacial score (nSPS) is 11.2. The van der Waals surface area contributed by atoms with Crippen molar-refractivity contribution in [2.24, 2.45) is 0 Å². The summed E-state index contributed by atoms with van der Waals surface area (Å²) in [5.41, 5.74) is 0. The summed E-state index contributed by atoms with van der Waals surface area (Å²) in [6, 6.07) is 0. The van der Waals surface area contributed by atoms with Gasteiger partial charge in [0.05, 0.1) is 0 Å². The Morgan fingerprint density at radius 2 is 1.53 bits per heavy atom. The molecule has 0 saturated heterocycles. The predicted molar refractivity (Wildman–Crippen MR) is 69.4 cm³/mol. The van der Waals surface area contributed by atoms with Crippen LogP contribution in [0.25, 0.3) is 0 Å². The lowest BCUT2D eigenvalue weighted by atomic mass is 10.1. The Morgan fingerprint density at radius 3 is 2.13 bits per heavy atom. The molecule has 0 spiro atoms. The molecule has 0 amide bonds. The van der Waals surface area contributed by atoms with Crippen LogP contribution in [-0.4, -0.2) is 38.1 Å². The molecule has 0 aromatic carbocycles. The maximum absolute atomic E-state index is 3.21. The number of unbranched alkanes of at least 4 members (excludes halogenated alkanes) is 5. The van der Waals surface area contributed by atoms with Crippen LogP contribution in [0.15, 0.2) is 0 Å². The molecule has 2 heteroatoms. The summed E-state index contributed by atoms with van der Waals surface area (Å²) in [5, 5.41) is 3.21. The molecule has 0 aliphatic rings. The molecule has 2 nitrogen and oxygen atoms in total. The lowest BCUT2D eigenvalue weighted by Crippen LogP contribution is -2.31. The van der Waals surface area contributed by atoms with E-state index in [-0.39, 0.29) is 0 Å². The van der Waals surface area contributed by atoms with Gasteiger partial charge in [0.15, 0.2) is 0 Å². The van der Waals surface area contributed by atoms with Crippen LogP contribution in [0.1, 0.15) is 52.4 Å². The van der Waals surface area contributed by atoms with Crippen LogP contribution in [0.3, 0.4) is 0 Å². The Bertz CT molecular complexity index is 115. The van der Waals surface area contributed by atoms with E-state index in [9.17, 15) is 0 Å². The molecular weight excluding hydrogens is 184 g/mol. The third kappa shape index (κ3) is 10.2. The first kappa shape index (κ1) is 14.9. The minimum absolute atomic E-state index is 1.11. The highest BCUT2D eigenvalue weighted by molar-refractivity contribution is 4.57. The summed E-state index contributed by atoms with van der Waals surface area (Å²) in [5.74, 6) is 0. The smallest absolute Gasteiger partial charge is 0.0107 e. The molecule has 0 aromatic heterocycles. The molecule has 0 atom stereocenters. The van der Waals surface area contributed by atoms with Gasteiger partial charge < -0.3 is 10.2 Å². The largest absolute Gasteiger partial charge is 0.318 e. The lowest BCUT2D eigenvalue weighted by Gasteiger charge is -2.19. The van der Waals surface area contributed by atoms with Crippen LogP contribution in [0.5, 0.6) is 0 Å². The second kappa shape index (κ2) is 12.0. The van der Waals surface area contributed by atoms with Gasteiger partial charge in [-0.2, -0.15) is 0 Å². The van der Waals surface area contributed by atoms with Crippen molar-refractivity contribution in [2.75, 3.05) is 33.2 Å². The maximum atomic E-state index is 3.21. The van der Waals surface area contributed by atoms with E-state index in [1.165, 1.54) is 58.2 Å². The van der Waals surface area contributed by atoms with Gasteiger partial charge in [-0.3, -0.25) is 0 Å². The fourth-order valence-electron chi connectivity index (χ4n) is 1.81. The van der Waals surface area contributed by atoms with Gasteiger partial charge in [0.1, 0.15) is 0 Å². The average molecular weight is 214 g/mol. The molecule has 1 N–H and O–H groups in total. The molecular formula is C13H30N2. The molecule has 0 rings (SSSR count). The highest BCUT2D eigenvalue weighted by Gasteiger charge is 2.00. The molecule has 0 aliphatic carbocycles. The van der Waals surface area contributed by atoms with Crippen LogP contribution in [0.4, 0.5) is 0 Å². The van der Waals surface area contributed by atoms with Gasteiger partial charge >= 0.3 is 0 Å². The van der Waals surface area contributed by atoms with Crippen molar-refractivity contribution in [1.82, 2.24) is 10.2 Å². The van der Waals surface area contributed by atoms with Crippen LogP contribution in [-0.2, 0) is 0 Å². The maximum Gasteiger partial charge on any atom is 0.0107 e. The van der Waals surface area contributed by atoms with Gasteiger partial charge in [-0.1, -0.05) is 46.0 Å². The van der Waals surface area contributed by atoms with Crippen LogP contribution >= 0.6 is 0 Å². The Labute approximate surface area is 96.4 Å². The highest BCUT2D eigenvalue weighted by Crippen LogP contribution is 2.05. The van der Waals surface area contributed by atoms with E-state index in [1.54, 1.807) is 0 Å². The van der Waals surface area contributed by atoms with Gasteiger partial charge in [-0.15, -0.1) is 0 Å². The molecule has 0 radical (unpaired) electrons. The highest BCUT2D eigenvalue weighted by atomic mass is 15.1. The SMILES string of the molecule is CCCCCCCCN(CC)CCNC. The van der Waals surface area contributed by atoms with Gasteiger partial charge in [0.2, 0.25) is 0 Å². The number of rotatable bonds is 11. The zero-order valence-electron chi connectivity index (χ0n) is 11.0. The third-order valence-corrected chi connectivity index (χ3v) is 2.95. The average Bonchev–Trinajstić information content (AvgIpc) is 2.27. The fourth-order valence-corrected chi connectivity index (χ4v) is 1.81. The zero-order chi connectivity index (χ0) is 11.4. The summed E-state index contributed by atoms with van der Waals surface area (Å²) >= 11 is 0. The van der Waals surface area contributed by atoms with E-state index in [4.69, 9.17) is 0 Å². The van der Waals surface area contributed by atoms with E-state index in [1.807, 2.05) is 7.05 Å². The Kier molecular flexibility index (Phi) is 11.9. The summed E-state index contributed by atoms with van der Waals surface area (Å²) in [4.78, 5) is 2.54. The molecule has 0 fully saturated rings. The number of likely N-dealkylation sites (N-methyl/N-ethyl adjacent to an activating group) is 2. The van der Waals surface area contributed by atoms with Gasteiger partial charge in [-0.05, 0) is 26.6 Å². The first-order valence-corrected chi connectivity index (χ1v) is 6.72. The van der Waals surface area contributed by atoms with E-state index < -0.39 is 0 Å². The van der Waals surface area contributed by atoms with Crippen LogP contribution < -0.4 is 5.32 Å². The van der Waals surface area contributed by atoms with Gasteiger partial charge in [0, 0.05) is 13.1 Å². The first-order chi connectivity index (χ1) is 7.35. The van der Waals surface area contributed by atoms with Crippen molar-refractivity contribution in [3.63, 3.8) is 0 Å². The molecule has 0 aromatic rings. The van der Waals surface area contributed by atoms with Crippen LogP contribution in [0, 0.1) is 0 Å². The Morgan fingerprint density at radius 1 is 0.867 bits per heavy atom. The van der Waals surface area contributed by atoms with Crippen molar-refractivity contribution >= 4 is 0 Å². The topological polar surface area (TPSA) is 15.3 Å². The summed E-state index contributed by atoms with van der Waals surface area (Å²) in [6.07, 6.45) is 8.41. The molecule has 0 unspecified atom stereocenters. The Hall–Kier alpha value is -0.0800. The summed E-state index contributed by atoms with van der Waals surface area (Å²) in [7, 11) is 2.03. The minimum Gasteiger partial charge on any atom is -0.318 e. The molecule has 15 heavy (non-hydrogen) atoms. The number of nitrogens with zero attached hydrogens (tertiary/aromatic N) is 1. The second-order valence-electron chi connectivity index (χ2n) is 4.31. The van der Waals surface area contributed by atoms with E-state index in [0.717, 1.165) is 6.54 Å². The monoisotopic (exact) mass is 214 g/mol. The molecule has 92 valence electrons. The predicted octanol–water partition coefficient (Wildman–Crippen LogP) is 2.89. The van der Waals surface area contributed by atoms with Crippen molar-refractivity contribution in [2.45, 2.75) is 52.4 Å². The molecule has 0 heterocycles. The van der Waals surface area contributed by atoms with Crippen molar-refractivity contribution in [3.05, 3.63) is 0 Å². The number of nitrogens with one attached hydrogen (secondary N) is 1. The number of hydrogen-bond donors (Lipinski definition) is 1. The van der Waals surface area contributed by atoms with E-state index in [0.29, 0.717) is 0 Å². The first-order valence-electron chi connectivity index (χ1n) is 6.72. The van der Waals surface area contributed by atoms with Crippen molar-refractivity contribution < 1.29 is 0 Å². The van der Waals surface area contributed by atoms with Gasteiger partial charge in [0.25, 0.3) is 0 Å². The van der Waals surface area contributed by atoms with Crippen molar-refractivity contribution in [1.29, 1.82) is 0 Å². The molecule has 0 aliphatic heterocycles.